The van der Waals surface area contributed by atoms with Crippen LogP contribution in [0, 0.1) is 23.7 Å². The minimum Gasteiger partial charge on any atom is -0.274 e. The average molecular weight is 276 g/mol. The van der Waals surface area contributed by atoms with Gasteiger partial charge < -0.3 is 0 Å². The molecule has 0 N–H and O–H groups in total. The molecule has 1 aromatic carbocycles. The van der Waals surface area contributed by atoms with Crippen LogP contribution >= 0.6 is 11.6 Å². The van der Waals surface area contributed by atoms with Gasteiger partial charge in [-0.05, 0) is 55.4 Å². The first-order chi connectivity index (χ1) is 9.16. The maximum atomic E-state index is 12.5. The average Bonchev–Trinajstić information content (AvgIpc) is 3.06. The molecule has 1 heterocycles. The van der Waals surface area contributed by atoms with Crippen molar-refractivity contribution in [2.24, 2.45) is 23.7 Å². The maximum Gasteiger partial charge on any atom is 0.237 e. The fourth-order valence-electron chi connectivity index (χ4n) is 4.25. The van der Waals surface area contributed by atoms with Gasteiger partial charge in [0.2, 0.25) is 11.8 Å². The molecular formula is C15H14ClNO2. The lowest BCUT2D eigenvalue weighted by Gasteiger charge is -2.19. The molecule has 1 aromatic rings. The number of anilines is 1. The molecule has 4 rings (SSSR count). The van der Waals surface area contributed by atoms with E-state index in [1.807, 2.05) is 0 Å². The first-order valence-electron chi connectivity index (χ1n) is 6.80. The zero-order chi connectivity index (χ0) is 13.1. The van der Waals surface area contributed by atoms with E-state index < -0.39 is 0 Å². The van der Waals surface area contributed by atoms with Gasteiger partial charge in [-0.2, -0.15) is 0 Å². The lowest BCUT2D eigenvalue weighted by atomic mass is 9.81. The Morgan fingerprint density at radius 2 is 1.47 bits per heavy atom. The molecule has 3 aliphatic rings. The van der Waals surface area contributed by atoms with Crippen LogP contribution in [0.5, 0.6) is 0 Å². The Hall–Kier alpha value is -1.35. The molecule has 0 spiro atoms. The second kappa shape index (κ2) is 3.83. The van der Waals surface area contributed by atoms with Gasteiger partial charge in [-0.1, -0.05) is 11.6 Å². The molecule has 3 fully saturated rings. The second-order valence-electron chi connectivity index (χ2n) is 5.87. The third kappa shape index (κ3) is 1.45. The highest BCUT2D eigenvalue weighted by atomic mass is 35.5. The summed E-state index contributed by atoms with van der Waals surface area (Å²) >= 11 is 5.85. The second-order valence-corrected chi connectivity index (χ2v) is 6.31. The van der Waals surface area contributed by atoms with Crippen LogP contribution in [0.1, 0.15) is 19.3 Å². The Bertz CT molecular complexity index is 540. The summed E-state index contributed by atoms with van der Waals surface area (Å²) in [6, 6.07) is 6.95. The van der Waals surface area contributed by atoms with Crippen molar-refractivity contribution in [3.05, 3.63) is 29.3 Å². The standard InChI is InChI=1S/C15H14ClNO2/c16-10-3-5-11(6-4-10)17-14(18)12-8-1-2-9(7-8)13(12)15(17)19/h3-6,8-9,12-13H,1-2,7H2/t8-,9-,12-,13+/m0/s1. The molecule has 0 unspecified atom stereocenters. The summed E-state index contributed by atoms with van der Waals surface area (Å²) in [5, 5.41) is 0.614. The highest BCUT2D eigenvalue weighted by molar-refractivity contribution is 6.30. The summed E-state index contributed by atoms with van der Waals surface area (Å²) < 4.78 is 0. The summed E-state index contributed by atoms with van der Waals surface area (Å²) in [7, 11) is 0. The molecular weight excluding hydrogens is 262 g/mol. The van der Waals surface area contributed by atoms with E-state index in [0.717, 1.165) is 19.3 Å². The van der Waals surface area contributed by atoms with Gasteiger partial charge >= 0.3 is 0 Å². The summed E-state index contributed by atoms with van der Waals surface area (Å²) in [4.78, 5) is 26.5. The maximum absolute atomic E-state index is 12.5. The summed E-state index contributed by atoms with van der Waals surface area (Å²) in [6.07, 6.45) is 3.29. The molecule has 2 aliphatic carbocycles. The minimum absolute atomic E-state index is 0.00419. The van der Waals surface area contributed by atoms with Crippen molar-refractivity contribution in [1.82, 2.24) is 0 Å². The van der Waals surface area contributed by atoms with Crippen molar-refractivity contribution in [2.45, 2.75) is 19.3 Å². The van der Waals surface area contributed by atoms with Gasteiger partial charge in [0.25, 0.3) is 0 Å². The number of carbonyl (C=O) groups is 2. The summed E-state index contributed by atoms with van der Waals surface area (Å²) in [5.41, 5.74) is 0.660. The lowest BCUT2D eigenvalue weighted by molar-refractivity contribution is -0.123. The molecule has 2 saturated carbocycles. The predicted molar refractivity (Wildman–Crippen MR) is 71.8 cm³/mol. The molecule has 98 valence electrons. The Labute approximate surface area is 116 Å². The number of nitrogens with zero attached hydrogens (tertiary/aromatic N) is 1. The smallest absolute Gasteiger partial charge is 0.237 e. The van der Waals surface area contributed by atoms with Crippen molar-refractivity contribution in [3.8, 4) is 0 Å². The number of imide groups is 1. The van der Waals surface area contributed by atoms with Gasteiger partial charge in [0.1, 0.15) is 0 Å². The minimum atomic E-state index is -0.0538. The van der Waals surface area contributed by atoms with Gasteiger partial charge in [0, 0.05) is 5.02 Å². The molecule has 3 nitrogen and oxygen atoms in total. The predicted octanol–water partition coefficient (Wildman–Crippen LogP) is 2.88. The lowest BCUT2D eigenvalue weighted by Crippen LogP contribution is -2.32. The third-order valence-corrected chi connectivity index (χ3v) is 5.26. The molecule has 19 heavy (non-hydrogen) atoms. The van der Waals surface area contributed by atoms with Crippen LogP contribution in [-0.2, 0) is 9.59 Å². The van der Waals surface area contributed by atoms with Gasteiger partial charge in [0.15, 0.2) is 0 Å². The Morgan fingerprint density at radius 1 is 0.947 bits per heavy atom. The normalized spacial score (nSPS) is 36.2. The molecule has 1 aliphatic heterocycles. The van der Waals surface area contributed by atoms with E-state index in [2.05, 4.69) is 0 Å². The van der Waals surface area contributed by atoms with Gasteiger partial charge in [-0.15, -0.1) is 0 Å². The van der Waals surface area contributed by atoms with E-state index in [-0.39, 0.29) is 23.7 Å². The van der Waals surface area contributed by atoms with E-state index >= 15 is 0 Å². The molecule has 2 bridgehead atoms. The van der Waals surface area contributed by atoms with Crippen LogP contribution in [0.3, 0.4) is 0 Å². The zero-order valence-electron chi connectivity index (χ0n) is 10.4. The van der Waals surface area contributed by atoms with Crippen LogP contribution in [0.4, 0.5) is 5.69 Å². The topological polar surface area (TPSA) is 37.4 Å². The van der Waals surface area contributed by atoms with E-state index in [4.69, 9.17) is 11.6 Å². The van der Waals surface area contributed by atoms with Crippen molar-refractivity contribution < 1.29 is 9.59 Å². The largest absolute Gasteiger partial charge is 0.274 e. The molecule has 0 radical (unpaired) electrons. The Kier molecular flexibility index (Phi) is 2.31. The van der Waals surface area contributed by atoms with Crippen LogP contribution in [-0.4, -0.2) is 11.8 Å². The summed E-state index contributed by atoms with van der Waals surface area (Å²) in [6.45, 7) is 0. The van der Waals surface area contributed by atoms with Gasteiger partial charge in [0.05, 0.1) is 17.5 Å². The zero-order valence-corrected chi connectivity index (χ0v) is 11.1. The van der Waals surface area contributed by atoms with Crippen molar-refractivity contribution in [3.63, 3.8) is 0 Å². The third-order valence-electron chi connectivity index (χ3n) is 5.01. The first-order valence-corrected chi connectivity index (χ1v) is 7.18. The van der Waals surface area contributed by atoms with Crippen molar-refractivity contribution in [1.29, 1.82) is 0 Å². The monoisotopic (exact) mass is 275 g/mol. The van der Waals surface area contributed by atoms with Crippen molar-refractivity contribution >= 4 is 29.1 Å². The molecule has 1 saturated heterocycles. The van der Waals surface area contributed by atoms with Crippen molar-refractivity contribution in [2.75, 3.05) is 4.90 Å². The quantitative estimate of drug-likeness (QED) is 0.739. The number of fused-ring (bicyclic) bond motifs is 5. The fraction of sp³-hybridized carbons (Fsp3) is 0.467. The Morgan fingerprint density at radius 3 is 2.00 bits per heavy atom. The number of hydrogen-bond donors (Lipinski definition) is 0. The number of halogens is 1. The summed E-state index contributed by atoms with van der Waals surface area (Å²) in [5.74, 6) is 0.769. The van der Waals surface area contributed by atoms with Crippen LogP contribution in [0.15, 0.2) is 24.3 Å². The molecule has 4 heteroatoms. The fourth-order valence-corrected chi connectivity index (χ4v) is 4.38. The molecule has 0 aromatic heterocycles. The highest BCUT2D eigenvalue weighted by Crippen LogP contribution is 2.56. The van der Waals surface area contributed by atoms with Gasteiger partial charge in [-0.25, -0.2) is 0 Å². The SMILES string of the molecule is O=C1[C@@H]2[C@H]3CC[C@@H](C3)[C@@H]2C(=O)N1c1ccc(Cl)cc1. The Balaban J connectivity index is 1.73. The van der Waals surface area contributed by atoms with E-state index in [1.54, 1.807) is 24.3 Å². The number of rotatable bonds is 1. The number of benzene rings is 1. The van der Waals surface area contributed by atoms with Crippen LogP contribution in [0.25, 0.3) is 0 Å². The number of hydrogen-bond acceptors (Lipinski definition) is 2. The van der Waals surface area contributed by atoms with Crippen LogP contribution in [0.2, 0.25) is 5.02 Å². The van der Waals surface area contributed by atoms with Crippen LogP contribution < -0.4 is 4.90 Å². The number of carbonyl (C=O) groups excluding carboxylic acids is 2. The molecule has 4 atom stereocenters. The van der Waals surface area contributed by atoms with Gasteiger partial charge in [-0.3, -0.25) is 14.5 Å². The highest BCUT2D eigenvalue weighted by Gasteiger charge is 2.61. The van der Waals surface area contributed by atoms with E-state index in [0.29, 0.717) is 22.5 Å². The first kappa shape index (κ1) is 11.5. The molecule has 2 amide bonds. The van der Waals surface area contributed by atoms with E-state index in [1.165, 1.54) is 4.90 Å². The van der Waals surface area contributed by atoms with E-state index in [9.17, 15) is 9.59 Å². The number of amides is 2.